The minimum absolute atomic E-state index is 0.0696. The number of aromatic nitrogens is 1. The van der Waals surface area contributed by atoms with E-state index < -0.39 is 0 Å². The first-order valence-corrected chi connectivity index (χ1v) is 5.34. The Hall–Kier alpha value is -1.38. The fourth-order valence-corrected chi connectivity index (χ4v) is 1.43. The highest BCUT2D eigenvalue weighted by atomic mass is 16.5. The van der Waals surface area contributed by atoms with Gasteiger partial charge >= 0.3 is 5.97 Å². The van der Waals surface area contributed by atoms with E-state index >= 15 is 0 Å². The van der Waals surface area contributed by atoms with Gasteiger partial charge in [-0.1, -0.05) is 13.0 Å². The van der Waals surface area contributed by atoms with E-state index in [0.29, 0.717) is 13.0 Å². The van der Waals surface area contributed by atoms with E-state index in [-0.39, 0.29) is 11.9 Å². The van der Waals surface area contributed by atoms with Crippen LogP contribution >= 0.6 is 0 Å². The molecule has 1 heterocycles. The van der Waals surface area contributed by atoms with Crippen LogP contribution < -0.4 is 0 Å². The number of esters is 1. The number of ether oxygens (including phenoxy) is 1. The highest BCUT2D eigenvalue weighted by Crippen LogP contribution is 2.12. The lowest BCUT2D eigenvalue weighted by Gasteiger charge is -2.12. The first kappa shape index (κ1) is 11.7. The van der Waals surface area contributed by atoms with Crippen LogP contribution in [0.25, 0.3) is 0 Å². The van der Waals surface area contributed by atoms with Gasteiger partial charge in [0.05, 0.1) is 12.5 Å². The molecule has 0 fully saturated rings. The lowest BCUT2D eigenvalue weighted by molar-refractivity contribution is -0.148. The van der Waals surface area contributed by atoms with Gasteiger partial charge in [0.25, 0.3) is 0 Å². The second kappa shape index (κ2) is 6.17. The second-order valence-corrected chi connectivity index (χ2v) is 3.38. The minimum atomic E-state index is -0.120. The zero-order chi connectivity index (χ0) is 11.1. The molecule has 1 aromatic rings. The molecule has 1 atom stereocenters. The minimum Gasteiger partial charge on any atom is -0.466 e. The number of hydrogen-bond donors (Lipinski definition) is 0. The Labute approximate surface area is 90.5 Å². The van der Waals surface area contributed by atoms with Gasteiger partial charge in [-0.2, -0.15) is 0 Å². The Bertz CT molecular complexity index is 298. The van der Waals surface area contributed by atoms with Crippen molar-refractivity contribution in [3.63, 3.8) is 0 Å². The molecular formula is C12H17NO2. The van der Waals surface area contributed by atoms with E-state index in [2.05, 4.69) is 4.98 Å². The quantitative estimate of drug-likeness (QED) is 0.695. The Kier molecular flexibility index (Phi) is 4.81. The van der Waals surface area contributed by atoms with E-state index in [4.69, 9.17) is 4.74 Å². The van der Waals surface area contributed by atoms with E-state index in [9.17, 15) is 4.79 Å². The van der Waals surface area contributed by atoms with E-state index in [1.165, 1.54) is 0 Å². The van der Waals surface area contributed by atoms with E-state index in [1.54, 1.807) is 6.20 Å². The van der Waals surface area contributed by atoms with Crippen LogP contribution in [-0.4, -0.2) is 17.6 Å². The van der Waals surface area contributed by atoms with Crippen LogP contribution in [0.5, 0.6) is 0 Å². The molecule has 0 aliphatic rings. The molecule has 82 valence electrons. The largest absolute Gasteiger partial charge is 0.466 e. The topological polar surface area (TPSA) is 39.2 Å². The summed E-state index contributed by atoms with van der Waals surface area (Å²) in [7, 11) is 0. The SMILES string of the molecule is CCOC(=O)C(CC)Cc1ccccn1. The Morgan fingerprint density at radius 1 is 1.47 bits per heavy atom. The van der Waals surface area contributed by atoms with Crippen molar-refractivity contribution in [3.8, 4) is 0 Å². The van der Waals surface area contributed by atoms with Crippen LogP contribution in [0, 0.1) is 5.92 Å². The molecule has 0 aliphatic carbocycles. The summed E-state index contributed by atoms with van der Waals surface area (Å²) in [5, 5.41) is 0. The van der Waals surface area contributed by atoms with Crippen molar-refractivity contribution in [2.45, 2.75) is 26.7 Å². The molecule has 1 unspecified atom stereocenters. The van der Waals surface area contributed by atoms with Crippen molar-refractivity contribution < 1.29 is 9.53 Å². The predicted octanol–water partition coefficient (Wildman–Crippen LogP) is 2.21. The fraction of sp³-hybridized carbons (Fsp3) is 0.500. The number of hydrogen-bond acceptors (Lipinski definition) is 3. The molecule has 0 amide bonds. The van der Waals surface area contributed by atoms with Crippen LogP contribution in [0.1, 0.15) is 26.0 Å². The van der Waals surface area contributed by atoms with Gasteiger partial charge in [0.1, 0.15) is 0 Å². The monoisotopic (exact) mass is 207 g/mol. The highest BCUT2D eigenvalue weighted by Gasteiger charge is 2.18. The lowest BCUT2D eigenvalue weighted by atomic mass is 10.0. The van der Waals surface area contributed by atoms with Crippen molar-refractivity contribution in [3.05, 3.63) is 30.1 Å². The molecule has 0 bridgehead atoms. The number of carbonyl (C=O) groups excluding carboxylic acids is 1. The summed E-state index contributed by atoms with van der Waals surface area (Å²) in [4.78, 5) is 15.7. The summed E-state index contributed by atoms with van der Waals surface area (Å²) >= 11 is 0. The molecule has 0 spiro atoms. The standard InChI is InChI=1S/C12H17NO2/c1-3-10(12(14)15-4-2)9-11-7-5-6-8-13-11/h5-8,10H,3-4,9H2,1-2H3. The average molecular weight is 207 g/mol. The van der Waals surface area contributed by atoms with Crippen molar-refractivity contribution in [1.82, 2.24) is 4.98 Å². The number of pyridine rings is 1. The third-order valence-electron chi connectivity index (χ3n) is 2.29. The van der Waals surface area contributed by atoms with Crippen LogP contribution in [0.2, 0.25) is 0 Å². The molecule has 0 aliphatic heterocycles. The van der Waals surface area contributed by atoms with Crippen molar-refractivity contribution >= 4 is 5.97 Å². The molecule has 3 heteroatoms. The van der Waals surface area contributed by atoms with Gasteiger partial charge in [-0.15, -0.1) is 0 Å². The molecule has 3 nitrogen and oxygen atoms in total. The first-order chi connectivity index (χ1) is 7.27. The van der Waals surface area contributed by atoms with Gasteiger partial charge < -0.3 is 4.74 Å². The van der Waals surface area contributed by atoms with E-state index in [1.807, 2.05) is 32.0 Å². The van der Waals surface area contributed by atoms with Crippen LogP contribution in [0.3, 0.4) is 0 Å². The first-order valence-electron chi connectivity index (χ1n) is 5.34. The molecular weight excluding hydrogens is 190 g/mol. The van der Waals surface area contributed by atoms with Crippen molar-refractivity contribution in [2.75, 3.05) is 6.61 Å². The van der Waals surface area contributed by atoms with Crippen LogP contribution in [-0.2, 0) is 16.0 Å². The fourth-order valence-electron chi connectivity index (χ4n) is 1.43. The Balaban J connectivity index is 2.58. The summed E-state index contributed by atoms with van der Waals surface area (Å²) in [6, 6.07) is 5.73. The Morgan fingerprint density at radius 3 is 2.80 bits per heavy atom. The molecule has 0 saturated heterocycles. The van der Waals surface area contributed by atoms with Gasteiger partial charge in [0, 0.05) is 18.3 Å². The Morgan fingerprint density at radius 2 is 2.27 bits per heavy atom. The average Bonchev–Trinajstić information content (AvgIpc) is 2.27. The molecule has 15 heavy (non-hydrogen) atoms. The van der Waals surface area contributed by atoms with Gasteiger partial charge in [-0.3, -0.25) is 9.78 Å². The zero-order valence-corrected chi connectivity index (χ0v) is 9.27. The maximum atomic E-state index is 11.5. The number of nitrogens with zero attached hydrogens (tertiary/aromatic N) is 1. The van der Waals surface area contributed by atoms with Crippen molar-refractivity contribution in [1.29, 1.82) is 0 Å². The summed E-state index contributed by atoms with van der Waals surface area (Å²) < 4.78 is 5.00. The molecule has 0 aromatic carbocycles. The molecule has 1 rings (SSSR count). The van der Waals surface area contributed by atoms with Gasteiger partial charge in [-0.05, 0) is 25.5 Å². The summed E-state index contributed by atoms with van der Waals surface area (Å²) in [5.41, 5.74) is 0.942. The van der Waals surface area contributed by atoms with Crippen LogP contribution in [0.4, 0.5) is 0 Å². The smallest absolute Gasteiger partial charge is 0.309 e. The third kappa shape index (κ3) is 3.70. The van der Waals surface area contributed by atoms with Gasteiger partial charge in [0.15, 0.2) is 0 Å². The number of rotatable bonds is 5. The number of carbonyl (C=O) groups is 1. The van der Waals surface area contributed by atoms with Crippen LogP contribution in [0.15, 0.2) is 24.4 Å². The van der Waals surface area contributed by atoms with Gasteiger partial charge in [-0.25, -0.2) is 0 Å². The second-order valence-electron chi connectivity index (χ2n) is 3.38. The highest BCUT2D eigenvalue weighted by molar-refractivity contribution is 5.72. The molecule has 0 saturated carbocycles. The van der Waals surface area contributed by atoms with Gasteiger partial charge in [0.2, 0.25) is 0 Å². The normalized spacial score (nSPS) is 12.1. The lowest BCUT2D eigenvalue weighted by Crippen LogP contribution is -2.19. The maximum Gasteiger partial charge on any atom is 0.309 e. The molecule has 0 N–H and O–H groups in total. The third-order valence-corrected chi connectivity index (χ3v) is 2.29. The summed E-state index contributed by atoms with van der Waals surface area (Å²) in [6.07, 6.45) is 3.19. The summed E-state index contributed by atoms with van der Waals surface area (Å²) in [5.74, 6) is -0.189. The molecule has 0 radical (unpaired) electrons. The summed E-state index contributed by atoms with van der Waals surface area (Å²) in [6.45, 7) is 4.26. The zero-order valence-electron chi connectivity index (χ0n) is 9.27. The van der Waals surface area contributed by atoms with Crippen molar-refractivity contribution in [2.24, 2.45) is 5.92 Å². The maximum absolute atomic E-state index is 11.5. The predicted molar refractivity (Wildman–Crippen MR) is 58.4 cm³/mol. The van der Waals surface area contributed by atoms with E-state index in [0.717, 1.165) is 12.1 Å². The molecule has 1 aromatic heterocycles.